The van der Waals surface area contributed by atoms with Crippen LogP contribution in [0.15, 0.2) is 30.3 Å². The van der Waals surface area contributed by atoms with Crippen molar-refractivity contribution in [1.29, 1.82) is 0 Å². The second-order valence-corrected chi connectivity index (χ2v) is 4.74. The van der Waals surface area contributed by atoms with Gasteiger partial charge in [-0.3, -0.25) is 0 Å². The minimum absolute atomic E-state index is 0.169. The molecule has 3 atom stereocenters. The van der Waals surface area contributed by atoms with Crippen molar-refractivity contribution in [3.8, 4) is 0 Å². The van der Waals surface area contributed by atoms with Gasteiger partial charge in [-0.1, -0.05) is 30.3 Å². The van der Waals surface area contributed by atoms with Crippen LogP contribution in [0.3, 0.4) is 0 Å². The van der Waals surface area contributed by atoms with Crippen LogP contribution in [-0.4, -0.2) is 36.5 Å². The number of ether oxygens (including phenoxy) is 1. The first kappa shape index (κ1) is 12.6. The Bertz CT molecular complexity index is 328. The van der Waals surface area contributed by atoms with Crippen molar-refractivity contribution in [3.63, 3.8) is 0 Å². The van der Waals surface area contributed by atoms with Crippen LogP contribution in [0.25, 0.3) is 0 Å². The maximum atomic E-state index is 9.80. The lowest BCUT2D eigenvalue weighted by Gasteiger charge is -2.32. The van der Waals surface area contributed by atoms with E-state index in [1.165, 1.54) is 5.56 Å². The summed E-state index contributed by atoms with van der Waals surface area (Å²) in [6.07, 6.45) is 1.75. The Hall–Kier alpha value is -0.900. The van der Waals surface area contributed by atoms with Crippen LogP contribution in [0.4, 0.5) is 0 Å². The maximum Gasteiger partial charge on any atom is 0.0927 e. The van der Waals surface area contributed by atoms with Crippen molar-refractivity contribution < 1.29 is 9.84 Å². The first-order valence-electron chi connectivity index (χ1n) is 6.32. The SMILES string of the molecule is C[C@H]1C[C@H](NCCc2ccccc2)[C@@H](O)CO1. The van der Waals surface area contributed by atoms with Gasteiger partial charge in [0.05, 0.1) is 18.8 Å². The summed E-state index contributed by atoms with van der Waals surface area (Å²) in [5, 5.41) is 13.2. The van der Waals surface area contributed by atoms with Gasteiger partial charge in [-0.15, -0.1) is 0 Å². The molecular formula is C14H21NO2. The molecule has 1 heterocycles. The van der Waals surface area contributed by atoms with E-state index in [2.05, 4.69) is 36.5 Å². The van der Waals surface area contributed by atoms with Crippen LogP contribution < -0.4 is 5.32 Å². The highest BCUT2D eigenvalue weighted by Crippen LogP contribution is 2.13. The van der Waals surface area contributed by atoms with Gasteiger partial charge < -0.3 is 15.2 Å². The van der Waals surface area contributed by atoms with Gasteiger partial charge in [0.1, 0.15) is 0 Å². The second kappa shape index (κ2) is 6.15. The molecule has 0 bridgehead atoms. The Labute approximate surface area is 103 Å². The molecule has 0 radical (unpaired) electrons. The molecule has 2 rings (SSSR count). The van der Waals surface area contributed by atoms with Gasteiger partial charge in [-0.2, -0.15) is 0 Å². The van der Waals surface area contributed by atoms with E-state index in [1.54, 1.807) is 0 Å². The summed E-state index contributed by atoms with van der Waals surface area (Å²) in [5.74, 6) is 0. The smallest absolute Gasteiger partial charge is 0.0927 e. The standard InChI is InChI=1S/C14H21NO2/c1-11-9-13(14(16)10-17-11)15-8-7-12-5-3-2-4-6-12/h2-6,11,13-16H,7-10H2,1H3/t11-,13-,14-/m0/s1. The van der Waals surface area contributed by atoms with E-state index in [9.17, 15) is 5.11 Å². The summed E-state index contributed by atoms with van der Waals surface area (Å²) < 4.78 is 5.39. The van der Waals surface area contributed by atoms with E-state index in [0.29, 0.717) is 6.61 Å². The summed E-state index contributed by atoms with van der Waals surface area (Å²) >= 11 is 0. The molecule has 0 spiro atoms. The molecule has 0 unspecified atom stereocenters. The maximum absolute atomic E-state index is 9.80. The molecule has 1 aliphatic heterocycles. The van der Waals surface area contributed by atoms with Crippen LogP contribution in [0.5, 0.6) is 0 Å². The fraction of sp³-hybridized carbons (Fsp3) is 0.571. The Morgan fingerprint density at radius 2 is 2.12 bits per heavy atom. The Morgan fingerprint density at radius 1 is 1.35 bits per heavy atom. The third-order valence-corrected chi connectivity index (χ3v) is 3.26. The Morgan fingerprint density at radius 3 is 2.88 bits per heavy atom. The van der Waals surface area contributed by atoms with Gasteiger partial charge in [0.25, 0.3) is 0 Å². The molecule has 3 nitrogen and oxygen atoms in total. The van der Waals surface area contributed by atoms with Crippen molar-refractivity contribution >= 4 is 0 Å². The summed E-state index contributed by atoms with van der Waals surface area (Å²) in [7, 11) is 0. The molecular weight excluding hydrogens is 214 g/mol. The largest absolute Gasteiger partial charge is 0.389 e. The first-order chi connectivity index (χ1) is 8.25. The van der Waals surface area contributed by atoms with Crippen LogP contribution >= 0.6 is 0 Å². The quantitative estimate of drug-likeness (QED) is 0.828. The predicted molar refractivity (Wildman–Crippen MR) is 68.0 cm³/mol. The number of benzene rings is 1. The molecule has 0 aliphatic carbocycles. The predicted octanol–water partition coefficient (Wildman–Crippen LogP) is 1.36. The summed E-state index contributed by atoms with van der Waals surface area (Å²) in [5.41, 5.74) is 1.33. The van der Waals surface area contributed by atoms with Gasteiger partial charge in [0.15, 0.2) is 0 Å². The van der Waals surface area contributed by atoms with E-state index >= 15 is 0 Å². The van der Waals surface area contributed by atoms with E-state index < -0.39 is 0 Å². The number of rotatable bonds is 4. The van der Waals surface area contributed by atoms with E-state index in [0.717, 1.165) is 19.4 Å². The highest BCUT2D eigenvalue weighted by Gasteiger charge is 2.26. The van der Waals surface area contributed by atoms with Crippen molar-refractivity contribution in [3.05, 3.63) is 35.9 Å². The topological polar surface area (TPSA) is 41.5 Å². The fourth-order valence-electron chi connectivity index (χ4n) is 2.23. The average Bonchev–Trinajstić information content (AvgIpc) is 2.35. The molecule has 1 saturated heterocycles. The fourth-order valence-corrected chi connectivity index (χ4v) is 2.23. The lowest BCUT2D eigenvalue weighted by molar-refractivity contribution is -0.0661. The van der Waals surface area contributed by atoms with E-state index in [4.69, 9.17) is 4.74 Å². The van der Waals surface area contributed by atoms with E-state index in [1.807, 2.05) is 6.07 Å². The number of hydrogen-bond acceptors (Lipinski definition) is 3. The molecule has 2 N–H and O–H groups in total. The zero-order chi connectivity index (χ0) is 12.1. The summed E-state index contributed by atoms with van der Waals surface area (Å²) in [4.78, 5) is 0. The zero-order valence-electron chi connectivity index (χ0n) is 10.3. The second-order valence-electron chi connectivity index (χ2n) is 4.74. The van der Waals surface area contributed by atoms with Crippen molar-refractivity contribution in [2.45, 2.75) is 38.0 Å². The van der Waals surface area contributed by atoms with Gasteiger partial charge in [0, 0.05) is 6.04 Å². The van der Waals surface area contributed by atoms with Gasteiger partial charge in [0.2, 0.25) is 0 Å². The first-order valence-corrected chi connectivity index (χ1v) is 6.32. The Kier molecular flexibility index (Phi) is 4.54. The minimum Gasteiger partial charge on any atom is -0.389 e. The molecule has 0 amide bonds. The third-order valence-electron chi connectivity index (χ3n) is 3.26. The molecule has 1 aromatic carbocycles. The van der Waals surface area contributed by atoms with Crippen molar-refractivity contribution in [2.75, 3.05) is 13.2 Å². The van der Waals surface area contributed by atoms with E-state index in [-0.39, 0.29) is 18.2 Å². The van der Waals surface area contributed by atoms with Gasteiger partial charge in [-0.25, -0.2) is 0 Å². The molecule has 94 valence electrons. The van der Waals surface area contributed by atoms with Crippen LogP contribution in [-0.2, 0) is 11.2 Å². The van der Waals surface area contributed by atoms with Gasteiger partial charge >= 0.3 is 0 Å². The molecule has 1 aromatic rings. The zero-order valence-corrected chi connectivity index (χ0v) is 10.3. The summed E-state index contributed by atoms with van der Waals surface area (Å²) in [6.45, 7) is 3.40. The Balaban J connectivity index is 1.74. The van der Waals surface area contributed by atoms with Crippen LogP contribution in [0.2, 0.25) is 0 Å². The average molecular weight is 235 g/mol. The number of aliphatic hydroxyl groups is 1. The molecule has 0 saturated carbocycles. The summed E-state index contributed by atoms with van der Waals surface area (Å²) in [6, 6.07) is 10.6. The van der Waals surface area contributed by atoms with Crippen molar-refractivity contribution in [2.24, 2.45) is 0 Å². The normalized spacial score (nSPS) is 29.2. The lowest BCUT2D eigenvalue weighted by atomic mass is 10.0. The monoisotopic (exact) mass is 235 g/mol. The molecule has 1 fully saturated rings. The van der Waals surface area contributed by atoms with Crippen LogP contribution in [0, 0.1) is 0 Å². The lowest BCUT2D eigenvalue weighted by Crippen LogP contribution is -2.49. The molecule has 1 aliphatic rings. The van der Waals surface area contributed by atoms with Crippen LogP contribution in [0.1, 0.15) is 18.9 Å². The third kappa shape index (κ3) is 3.80. The molecule has 0 aromatic heterocycles. The highest BCUT2D eigenvalue weighted by molar-refractivity contribution is 5.14. The van der Waals surface area contributed by atoms with Gasteiger partial charge in [-0.05, 0) is 31.9 Å². The number of aliphatic hydroxyl groups excluding tert-OH is 1. The molecule has 17 heavy (non-hydrogen) atoms. The highest BCUT2D eigenvalue weighted by atomic mass is 16.5. The minimum atomic E-state index is -0.373. The number of hydrogen-bond donors (Lipinski definition) is 2. The van der Waals surface area contributed by atoms with Crippen molar-refractivity contribution in [1.82, 2.24) is 5.32 Å². The molecule has 3 heteroatoms. The number of nitrogens with one attached hydrogen (secondary N) is 1.